The molecule has 0 saturated carbocycles. The molecule has 3 nitrogen and oxygen atoms in total. The molecule has 0 unspecified atom stereocenters. The molecule has 0 aliphatic carbocycles. The van der Waals surface area contributed by atoms with Crippen molar-refractivity contribution in [1.29, 1.82) is 0 Å². The molecule has 0 aromatic heterocycles. The first kappa shape index (κ1) is 12.5. The maximum Gasteiger partial charge on any atom is 0.205 e. The fraction of sp³-hybridized carbons (Fsp3) is 0.462. The number of carbonyl (C=O) groups is 1. The number of carbonyl (C=O) groups excluding carboxylic acids is 1. The number of hydrogen-bond donors (Lipinski definition) is 1. The maximum atomic E-state index is 11.4. The summed E-state index contributed by atoms with van der Waals surface area (Å²) < 4.78 is 5.41. The van der Waals surface area contributed by atoms with Crippen molar-refractivity contribution in [2.75, 3.05) is 12.9 Å². The smallest absolute Gasteiger partial charge is 0.205 e. The molecule has 2 atom stereocenters. The third kappa shape index (κ3) is 2.64. The molecule has 1 aromatic carbocycles. The molecule has 17 heavy (non-hydrogen) atoms. The Morgan fingerprint density at radius 2 is 2.24 bits per heavy atom. The third-order valence-corrected chi connectivity index (χ3v) is 4.10. The molecule has 1 fully saturated rings. The first-order chi connectivity index (χ1) is 8.11. The molecule has 1 aliphatic heterocycles. The van der Waals surface area contributed by atoms with Gasteiger partial charge in [0.1, 0.15) is 5.75 Å². The maximum absolute atomic E-state index is 11.4. The van der Waals surface area contributed by atoms with Crippen LogP contribution in [0.3, 0.4) is 0 Å². The Bertz CT molecular complexity index is 433. The van der Waals surface area contributed by atoms with E-state index in [4.69, 9.17) is 4.74 Å². The lowest BCUT2D eigenvalue weighted by Gasteiger charge is -2.28. The summed E-state index contributed by atoms with van der Waals surface area (Å²) >= 11 is 1.40. The minimum absolute atomic E-state index is 0.0928. The number of methoxy groups -OCH3 is 1. The highest BCUT2D eigenvalue weighted by molar-refractivity contribution is 8.13. The van der Waals surface area contributed by atoms with Crippen LogP contribution in [-0.4, -0.2) is 24.0 Å². The van der Waals surface area contributed by atoms with E-state index in [0.717, 1.165) is 17.1 Å². The van der Waals surface area contributed by atoms with Crippen molar-refractivity contribution >= 4 is 16.9 Å². The Hall–Kier alpha value is -1.00. The van der Waals surface area contributed by atoms with E-state index < -0.39 is 0 Å². The normalized spacial score (nSPS) is 24.8. The van der Waals surface area contributed by atoms with Gasteiger partial charge in [0, 0.05) is 17.4 Å². The van der Waals surface area contributed by atoms with Gasteiger partial charge in [0.25, 0.3) is 0 Å². The lowest BCUT2D eigenvalue weighted by molar-refractivity contribution is -0.112. The standard InChI is InChI=1S/C13H17NO2S/c1-8-4-5-10(12(6-8)16-3)11-7-17-13(15)9(2)14-11/h4-6,9,11,14H,7H2,1-3H3/t9-,11-/m0/s1. The average Bonchev–Trinajstić information content (AvgIpc) is 2.32. The predicted octanol–water partition coefficient (Wildman–Crippen LogP) is 2.30. The Morgan fingerprint density at radius 3 is 2.88 bits per heavy atom. The van der Waals surface area contributed by atoms with Crippen molar-refractivity contribution in [1.82, 2.24) is 5.32 Å². The van der Waals surface area contributed by atoms with E-state index in [1.54, 1.807) is 7.11 Å². The van der Waals surface area contributed by atoms with Crippen LogP contribution in [0, 0.1) is 6.92 Å². The van der Waals surface area contributed by atoms with Gasteiger partial charge < -0.3 is 4.74 Å². The van der Waals surface area contributed by atoms with E-state index in [0.29, 0.717) is 0 Å². The monoisotopic (exact) mass is 251 g/mol. The molecule has 0 radical (unpaired) electrons. The highest BCUT2D eigenvalue weighted by Gasteiger charge is 2.27. The van der Waals surface area contributed by atoms with Crippen molar-refractivity contribution in [2.24, 2.45) is 0 Å². The summed E-state index contributed by atoms with van der Waals surface area (Å²) in [5.41, 5.74) is 2.31. The number of hydrogen-bond acceptors (Lipinski definition) is 4. The Kier molecular flexibility index (Phi) is 3.74. The van der Waals surface area contributed by atoms with Crippen molar-refractivity contribution in [3.63, 3.8) is 0 Å². The minimum atomic E-state index is -0.0928. The minimum Gasteiger partial charge on any atom is -0.496 e. The van der Waals surface area contributed by atoms with Gasteiger partial charge in [0.2, 0.25) is 5.12 Å². The Balaban J connectivity index is 2.25. The molecule has 1 N–H and O–H groups in total. The number of thioether (sulfide) groups is 1. The van der Waals surface area contributed by atoms with Crippen LogP contribution in [0.25, 0.3) is 0 Å². The topological polar surface area (TPSA) is 38.3 Å². The van der Waals surface area contributed by atoms with Gasteiger partial charge in [0.05, 0.1) is 13.2 Å². The summed E-state index contributed by atoms with van der Waals surface area (Å²) in [5.74, 6) is 1.66. The quantitative estimate of drug-likeness (QED) is 0.875. The SMILES string of the molecule is COc1cc(C)ccc1[C@@H]1CSC(=O)[C@H](C)N1. The molecule has 1 heterocycles. The zero-order chi connectivity index (χ0) is 12.4. The van der Waals surface area contributed by atoms with Gasteiger partial charge in [0.15, 0.2) is 0 Å². The van der Waals surface area contributed by atoms with Gasteiger partial charge in [-0.3, -0.25) is 10.1 Å². The molecular formula is C13H17NO2S. The molecule has 92 valence electrons. The second-order valence-electron chi connectivity index (χ2n) is 4.32. The highest BCUT2D eigenvalue weighted by atomic mass is 32.2. The lowest BCUT2D eigenvalue weighted by atomic mass is 10.0. The van der Waals surface area contributed by atoms with E-state index in [9.17, 15) is 4.79 Å². The number of nitrogens with one attached hydrogen (secondary N) is 1. The molecule has 0 bridgehead atoms. The van der Waals surface area contributed by atoms with Crippen LogP contribution in [-0.2, 0) is 4.79 Å². The summed E-state index contributed by atoms with van der Waals surface area (Å²) in [7, 11) is 1.68. The van der Waals surface area contributed by atoms with Crippen LogP contribution >= 0.6 is 11.8 Å². The first-order valence-corrected chi connectivity index (χ1v) is 6.67. The largest absolute Gasteiger partial charge is 0.496 e. The summed E-state index contributed by atoms with van der Waals surface area (Å²) in [6, 6.07) is 6.27. The van der Waals surface area contributed by atoms with E-state index >= 15 is 0 Å². The van der Waals surface area contributed by atoms with Gasteiger partial charge >= 0.3 is 0 Å². The van der Waals surface area contributed by atoms with Crippen LogP contribution in [0.4, 0.5) is 0 Å². The molecule has 4 heteroatoms. The summed E-state index contributed by atoms with van der Waals surface area (Å²) in [6.45, 7) is 3.95. The van der Waals surface area contributed by atoms with E-state index in [-0.39, 0.29) is 17.2 Å². The van der Waals surface area contributed by atoms with Crippen LogP contribution < -0.4 is 10.1 Å². The number of benzene rings is 1. The fourth-order valence-electron chi connectivity index (χ4n) is 1.99. The summed E-state index contributed by atoms with van der Waals surface area (Å²) in [4.78, 5) is 11.4. The number of ether oxygens (including phenoxy) is 1. The molecule has 1 saturated heterocycles. The molecule has 0 amide bonds. The van der Waals surface area contributed by atoms with Gasteiger partial charge in [-0.05, 0) is 25.5 Å². The molecule has 1 aromatic rings. The predicted molar refractivity (Wildman–Crippen MR) is 70.5 cm³/mol. The number of aryl methyl sites for hydroxylation is 1. The van der Waals surface area contributed by atoms with Crippen molar-refractivity contribution < 1.29 is 9.53 Å². The highest BCUT2D eigenvalue weighted by Crippen LogP contribution is 2.31. The van der Waals surface area contributed by atoms with Crippen LogP contribution in [0.2, 0.25) is 0 Å². The second-order valence-corrected chi connectivity index (χ2v) is 5.34. The Morgan fingerprint density at radius 1 is 1.47 bits per heavy atom. The van der Waals surface area contributed by atoms with E-state index in [1.807, 2.05) is 19.9 Å². The molecule has 2 rings (SSSR count). The fourth-order valence-corrected chi connectivity index (χ4v) is 2.92. The van der Waals surface area contributed by atoms with Crippen molar-refractivity contribution in [3.05, 3.63) is 29.3 Å². The lowest BCUT2D eigenvalue weighted by Crippen LogP contribution is -2.41. The molecular weight excluding hydrogens is 234 g/mol. The van der Waals surface area contributed by atoms with Crippen LogP contribution in [0.15, 0.2) is 18.2 Å². The Labute approximate surface area is 106 Å². The van der Waals surface area contributed by atoms with Gasteiger partial charge in [-0.2, -0.15) is 0 Å². The van der Waals surface area contributed by atoms with Crippen LogP contribution in [0.1, 0.15) is 24.1 Å². The summed E-state index contributed by atoms with van der Waals surface area (Å²) in [5, 5.41) is 3.54. The zero-order valence-electron chi connectivity index (χ0n) is 10.3. The second kappa shape index (κ2) is 5.10. The average molecular weight is 251 g/mol. The van der Waals surface area contributed by atoms with Gasteiger partial charge in [-0.25, -0.2) is 0 Å². The number of rotatable bonds is 2. The van der Waals surface area contributed by atoms with Gasteiger partial charge in [-0.15, -0.1) is 0 Å². The van der Waals surface area contributed by atoms with Crippen molar-refractivity contribution in [2.45, 2.75) is 25.9 Å². The van der Waals surface area contributed by atoms with E-state index in [2.05, 4.69) is 17.4 Å². The van der Waals surface area contributed by atoms with Crippen molar-refractivity contribution in [3.8, 4) is 5.75 Å². The molecule has 1 aliphatic rings. The zero-order valence-corrected chi connectivity index (χ0v) is 11.1. The van der Waals surface area contributed by atoms with Crippen LogP contribution in [0.5, 0.6) is 5.75 Å². The van der Waals surface area contributed by atoms with E-state index in [1.165, 1.54) is 17.3 Å². The summed E-state index contributed by atoms with van der Waals surface area (Å²) in [6.07, 6.45) is 0. The third-order valence-electron chi connectivity index (χ3n) is 2.96. The first-order valence-electron chi connectivity index (χ1n) is 5.69. The van der Waals surface area contributed by atoms with Gasteiger partial charge in [-0.1, -0.05) is 23.9 Å². The molecule has 0 spiro atoms.